The van der Waals surface area contributed by atoms with Crippen molar-refractivity contribution in [2.45, 2.75) is 27.0 Å². The monoisotopic (exact) mass is 313 g/mol. The molecule has 0 N–H and O–H groups in total. The highest BCUT2D eigenvalue weighted by Gasteiger charge is 2.13. The molecule has 0 atom stereocenters. The predicted molar refractivity (Wildman–Crippen MR) is 68.9 cm³/mol. The van der Waals surface area contributed by atoms with E-state index in [0.29, 0.717) is 0 Å². The van der Waals surface area contributed by atoms with E-state index >= 15 is 0 Å². The van der Waals surface area contributed by atoms with Crippen LogP contribution in [0.15, 0.2) is 22.8 Å². The molecule has 4 nitrogen and oxygen atoms in total. The smallest absolute Gasteiger partial charge is 0.255 e. The molecule has 0 aliphatic heterocycles. The lowest BCUT2D eigenvalue weighted by molar-refractivity contribution is 0.273. The average Bonchev–Trinajstić information content (AvgIpc) is 2.65. The molecular formula is C12H13BrFN3O. The molecule has 0 bridgehead atoms. The first kappa shape index (κ1) is 13.0. The molecule has 0 aliphatic carbocycles. The SMILES string of the molecule is CCn1nc(C)c(Br)c1COc1cccnc1F. The van der Waals surface area contributed by atoms with Crippen molar-refractivity contribution in [3.05, 3.63) is 40.1 Å². The van der Waals surface area contributed by atoms with E-state index in [9.17, 15) is 4.39 Å². The first-order chi connectivity index (χ1) is 8.63. The molecule has 2 heterocycles. The van der Waals surface area contributed by atoms with Gasteiger partial charge in [-0.25, -0.2) is 4.98 Å². The highest BCUT2D eigenvalue weighted by molar-refractivity contribution is 9.10. The van der Waals surface area contributed by atoms with Crippen molar-refractivity contribution < 1.29 is 9.13 Å². The van der Waals surface area contributed by atoms with E-state index in [2.05, 4.69) is 26.0 Å². The van der Waals surface area contributed by atoms with Gasteiger partial charge in [0.2, 0.25) is 0 Å². The second kappa shape index (κ2) is 5.48. The van der Waals surface area contributed by atoms with E-state index in [4.69, 9.17) is 4.74 Å². The molecule has 0 saturated carbocycles. The van der Waals surface area contributed by atoms with Gasteiger partial charge in [0.25, 0.3) is 5.95 Å². The van der Waals surface area contributed by atoms with Crippen molar-refractivity contribution in [2.24, 2.45) is 0 Å². The lowest BCUT2D eigenvalue weighted by Gasteiger charge is -2.08. The maximum atomic E-state index is 13.3. The Morgan fingerprint density at radius 3 is 2.94 bits per heavy atom. The number of hydrogen-bond donors (Lipinski definition) is 0. The molecule has 0 spiro atoms. The van der Waals surface area contributed by atoms with E-state index in [1.54, 1.807) is 12.1 Å². The van der Waals surface area contributed by atoms with Crippen LogP contribution in [0, 0.1) is 12.9 Å². The topological polar surface area (TPSA) is 39.9 Å². The quantitative estimate of drug-likeness (QED) is 0.814. The van der Waals surface area contributed by atoms with Crippen LogP contribution in [0.1, 0.15) is 18.3 Å². The van der Waals surface area contributed by atoms with Crippen LogP contribution in [0.3, 0.4) is 0 Å². The van der Waals surface area contributed by atoms with E-state index in [1.165, 1.54) is 6.20 Å². The zero-order valence-electron chi connectivity index (χ0n) is 10.2. The zero-order chi connectivity index (χ0) is 13.1. The van der Waals surface area contributed by atoms with Crippen LogP contribution in [-0.4, -0.2) is 14.8 Å². The number of ether oxygens (including phenoxy) is 1. The van der Waals surface area contributed by atoms with Crippen LogP contribution in [0.5, 0.6) is 5.75 Å². The summed E-state index contributed by atoms with van der Waals surface area (Å²) >= 11 is 3.46. The Balaban J connectivity index is 2.18. The Labute approximate surface area is 113 Å². The number of aromatic nitrogens is 3. The number of nitrogens with zero attached hydrogens (tertiary/aromatic N) is 3. The third-order valence-electron chi connectivity index (χ3n) is 2.54. The van der Waals surface area contributed by atoms with Crippen molar-refractivity contribution >= 4 is 15.9 Å². The zero-order valence-corrected chi connectivity index (χ0v) is 11.7. The van der Waals surface area contributed by atoms with Crippen molar-refractivity contribution in [2.75, 3.05) is 0 Å². The Kier molecular flexibility index (Phi) is 3.96. The molecule has 0 unspecified atom stereocenters. The van der Waals surface area contributed by atoms with Crippen molar-refractivity contribution in [1.29, 1.82) is 0 Å². The van der Waals surface area contributed by atoms with E-state index in [0.717, 1.165) is 22.4 Å². The van der Waals surface area contributed by atoms with E-state index in [-0.39, 0.29) is 12.4 Å². The fraction of sp³-hybridized carbons (Fsp3) is 0.333. The van der Waals surface area contributed by atoms with Gasteiger partial charge in [-0.2, -0.15) is 9.49 Å². The molecule has 6 heteroatoms. The number of halogens is 2. The maximum absolute atomic E-state index is 13.3. The molecule has 2 aromatic rings. The Hall–Kier alpha value is -1.43. The summed E-state index contributed by atoms with van der Waals surface area (Å²) in [7, 11) is 0. The fourth-order valence-corrected chi connectivity index (χ4v) is 2.03. The number of aryl methyl sites for hydroxylation is 2. The van der Waals surface area contributed by atoms with Gasteiger partial charge in [-0.1, -0.05) is 0 Å². The predicted octanol–water partition coefficient (Wildman–Crippen LogP) is 3.09. The van der Waals surface area contributed by atoms with Gasteiger partial charge < -0.3 is 4.74 Å². The minimum Gasteiger partial charge on any atom is -0.482 e. The van der Waals surface area contributed by atoms with Gasteiger partial charge in [0.05, 0.1) is 15.9 Å². The maximum Gasteiger partial charge on any atom is 0.255 e. The van der Waals surface area contributed by atoms with Crippen LogP contribution < -0.4 is 4.74 Å². The molecule has 2 aromatic heterocycles. The molecule has 0 radical (unpaired) electrons. The summed E-state index contributed by atoms with van der Waals surface area (Å²) in [5.41, 5.74) is 1.78. The number of rotatable bonds is 4. The second-order valence-electron chi connectivity index (χ2n) is 3.74. The third-order valence-corrected chi connectivity index (χ3v) is 3.57. The standard InChI is InChI=1S/C12H13BrFN3O/c1-3-17-9(11(13)8(2)16-17)7-18-10-5-4-6-15-12(10)14/h4-6H,3,7H2,1-2H3. The van der Waals surface area contributed by atoms with Crippen LogP contribution in [0.2, 0.25) is 0 Å². The lowest BCUT2D eigenvalue weighted by atomic mass is 10.4. The second-order valence-corrected chi connectivity index (χ2v) is 4.54. The van der Waals surface area contributed by atoms with Gasteiger partial charge in [-0.3, -0.25) is 4.68 Å². The summed E-state index contributed by atoms with van der Waals surface area (Å²) in [6.45, 7) is 4.88. The molecule has 0 saturated heterocycles. The van der Waals surface area contributed by atoms with Crippen LogP contribution in [0.4, 0.5) is 4.39 Å². The molecule has 0 aromatic carbocycles. The van der Waals surface area contributed by atoms with Crippen LogP contribution >= 0.6 is 15.9 Å². The largest absolute Gasteiger partial charge is 0.482 e. The third kappa shape index (κ3) is 2.53. The molecule has 96 valence electrons. The minimum absolute atomic E-state index is 0.144. The average molecular weight is 314 g/mol. The van der Waals surface area contributed by atoms with Gasteiger partial charge >= 0.3 is 0 Å². The molecule has 0 amide bonds. The molecule has 0 fully saturated rings. The summed E-state index contributed by atoms with van der Waals surface area (Å²) < 4.78 is 21.5. The summed E-state index contributed by atoms with van der Waals surface area (Å²) in [6, 6.07) is 3.19. The van der Waals surface area contributed by atoms with E-state index < -0.39 is 5.95 Å². The molecule has 18 heavy (non-hydrogen) atoms. The Morgan fingerprint density at radius 1 is 1.50 bits per heavy atom. The first-order valence-corrected chi connectivity index (χ1v) is 6.38. The minimum atomic E-state index is -0.604. The number of hydrogen-bond acceptors (Lipinski definition) is 3. The normalized spacial score (nSPS) is 10.7. The van der Waals surface area contributed by atoms with Gasteiger partial charge in [0.1, 0.15) is 6.61 Å². The molecular weight excluding hydrogens is 301 g/mol. The summed E-state index contributed by atoms with van der Waals surface area (Å²) in [5, 5.41) is 4.34. The van der Waals surface area contributed by atoms with Crippen molar-refractivity contribution in [3.8, 4) is 5.75 Å². The summed E-state index contributed by atoms with van der Waals surface area (Å²) in [6.07, 6.45) is 1.39. The first-order valence-electron chi connectivity index (χ1n) is 5.58. The van der Waals surface area contributed by atoms with Crippen molar-refractivity contribution in [1.82, 2.24) is 14.8 Å². The van der Waals surface area contributed by atoms with Gasteiger partial charge in [0, 0.05) is 12.7 Å². The van der Waals surface area contributed by atoms with Gasteiger partial charge in [-0.05, 0) is 41.9 Å². The summed E-state index contributed by atoms with van der Waals surface area (Å²) in [5.74, 6) is -0.459. The molecule has 0 aliphatic rings. The Bertz CT molecular complexity index is 556. The van der Waals surface area contributed by atoms with Crippen molar-refractivity contribution in [3.63, 3.8) is 0 Å². The molecule has 2 rings (SSSR count). The van der Waals surface area contributed by atoms with Crippen LogP contribution in [-0.2, 0) is 13.2 Å². The highest BCUT2D eigenvalue weighted by Crippen LogP contribution is 2.23. The van der Waals surface area contributed by atoms with Crippen LogP contribution in [0.25, 0.3) is 0 Å². The highest BCUT2D eigenvalue weighted by atomic mass is 79.9. The van der Waals surface area contributed by atoms with E-state index in [1.807, 2.05) is 18.5 Å². The summed E-state index contributed by atoms with van der Waals surface area (Å²) in [4.78, 5) is 3.54. The lowest BCUT2D eigenvalue weighted by Crippen LogP contribution is -2.07. The van der Waals surface area contributed by atoms with Gasteiger partial charge in [0.15, 0.2) is 5.75 Å². The van der Waals surface area contributed by atoms with Gasteiger partial charge in [-0.15, -0.1) is 0 Å². The Morgan fingerprint density at radius 2 is 2.28 bits per heavy atom. The fourth-order valence-electron chi connectivity index (χ4n) is 1.63. The number of pyridine rings is 1.